The van der Waals surface area contributed by atoms with Crippen molar-refractivity contribution in [2.45, 2.75) is 13.8 Å². The zero-order valence-electron chi connectivity index (χ0n) is 16.6. The molecular weight excluding hydrogens is 356 g/mol. The van der Waals surface area contributed by atoms with E-state index in [1.54, 1.807) is 29.0 Å². The number of aryl methyl sites for hydroxylation is 2. The average Bonchev–Trinajstić information content (AvgIpc) is 2.73. The molecule has 6 heteroatoms. The highest BCUT2D eigenvalue weighted by Crippen LogP contribution is 2.25. The number of hydrogen-bond acceptors (Lipinski definition) is 4. The van der Waals surface area contributed by atoms with Gasteiger partial charge in [-0.3, -0.25) is 9.59 Å². The Bertz CT molecular complexity index is 857. The molecule has 1 heterocycles. The SMILES string of the molecule is COc1ccccc1OCC(=O)N1CCN(C(=O)c2ccc(C)c(C)c2)CC1. The Morgan fingerprint density at radius 2 is 1.54 bits per heavy atom. The quantitative estimate of drug-likeness (QED) is 0.798. The molecule has 1 saturated heterocycles. The molecule has 2 aromatic rings. The van der Waals surface area contributed by atoms with Crippen LogP contribution in [0, 0.1) is 13.8 Å². The predicted octanol–water partition coefficient (Wildman–Crippen LogP) is 2.68. The third-order valence-electron chi connectivity index (χ3n) is 5.09. The molecular formula is C22H26N2O4. The highest BCUT2D eigenvalue weighted by molar-refractivity contribution is 5.94. The van der Waals surface area contributed by atoms with Crippen molar-refractivity contribution < 1.29 is 19.1 Å². The Morgan fingerprint density at radius 3 is 2.18 bits per heavy atom. The second-order valence-electron chi connectivity index (χ2n) is 6.91. The number of carbonyl (C=O) groups excluding carboxylic acids is 2. The maximum Gasteiger partial charge on any atom is 0.260 e. The highest BCUT2D eigenvalue weighted by Gasteiger charge is 2.25. The molecule has 6 nitrogen and oxygen atoms in total. The summed E-state index contributed by atoms with van der Waals surface area (Å²) in [6.07, 6.45) is 0. The van der Waals surface area contributed by atoms with Gasteiger partial charge in [0.2, 0.25) is 0 Å². The van der Waals surface area contributed by atoms with Crippen LogP contribution < -0.4 is 9.47 Å². The van der Waals surface area contributed by atoms with E-state index in [1.165, 1.54) is 5.56 Å². The molecule has 0 aliphatic carbocycles. The van der Waals surface area contributed by atoms with E-state index in [1.807, 2.05) is 44.2 Å². The van der Waals surface area contributed by atoms with Crippen LogP contribution in [0.15, 0.2) is 42.5 Å². The molecule has 3 rings (SSSR count). The Labute approximate surface area is 165 Å². The van der Waals surface area contributed by atoms with Gasteiger partial charge in [0, 0.05) is 31.7 Å². The van der Waals surface area contributed by atoms with Crippen LogP contribution in [0.2, 0.25) is 0 Å². The van der Waals surface area contributed by atoms with Crippen LogP contribution in [0.25, 0.3) is 0 Å². The van der Waals surface area contributed by atoms with Crippen LogP contribution in [0.3, 0.4) is 0 Å². The van der Waals surface area contributed by atoms with Gasteiger partial charge >= 0.3 is 0 Å². The van der Waals surface area contributed by atoms with Gasteiger partial charge in [0.15, 0.2) is 18.1 Å². The van der Waals surface area contributed by atoms with Crippen LogP contribution in [0.5, 0.6) is 11.5 Å². The zero-order valence-corrected chi connectivity index (χ0v) is 16.6. The summed E-state index contributed by atoms with van der Waals surface area (Å²) in [5.74, 6) is 1.06. The van der Waals surface area contributed by atoms with Gasteiger partial charge in [0.05, 0.1) is 7.11 Å². The lowest BCUT2D eigenvalue weighted by molar-refractivity contribution is -0.134. The Balaban J connectivity index is 1.52. The van der Waals surface area contributed by atoms with Gasteiger partial charge < -0.3 is 19.3 Å². The van der Waals surface area contributed by atoms with Crippen molar-refractivity contribution in [3.8, 4) is 11.5 Å². The molecule has 0 N–H and O–H groups in total. The topological polar surface area (TPSA) is 59.1 Å². The second kappa shape index (κ2) is 8.78. The number of ether oxygens (including phenoxy) is 2. The van der Waals surface area contributed by atoms with Crippen LogP contribution in [0.1, 0.15) is 21.5 Å². The number of piperazine rings is 1. The summed E-state index contributed by atoms with van der Waals surface area (Å²) in [4.78, 5) is 28.7. The Hall–Kier alpha value is -3.02. The summed E-state index contributed by atoms with van der Waals surface area (Å²) in [7, 11) is 1.57. The summed E-state index contributed by atoms with van der Waals surface area (Å²) < 4.78 is 10.8. The van der Waals surface area contributed by atoms with E-state index in [4.69, 9.17) is 9.47 Å². The standard InChI is InChI=1S/C22H26N2O4/c1-16-8-9-18(14-17(16)2)22(26)24-12-10-23(11-13-24)21(25)15-28-20-7-5-4-6-19(20)27-3/h4-9,14H,10-13,15H2,1-3H3. The first-order valence-corrected chi connectivity index (χ1v) is 9.39. The zero-order chi connectivity index (χ0) is 20.1. The van der Waals surface area contributed by atoms with Gasteiger partial charge in [-0.2, -0.15) is 0 Å². The minimum absolute atomic E-state index is 0.0143. The normalized spacial score (nSPS) is 14.0. The maximum absolute atomic E-state index is 12.7. The third-order valence-corrected chi connectivity index (χ3v) is 5.09. The van der Waals surface area contributed by atoms with E-state index < -0.39 is 0 Å². The summed E-state index contributed by atoms with van der Waals surface area (Å²) in [6.45, 7) is 6.03. The van der Waals surface area contributed by atoms with E-state index in [2.05, 4.69) is 0 Å². The number of carbonyl (C=O) groups is 2. The van der Waals surface area contributed by atoms with E-state index in [0.29, 0.717) is 43.2 Å². The van der Waals surface area contributed by atoms with E-state index in [-0.39, 0.29) is 18.4 Å². The number of methoxy groups -OCH3 is 1. The minimum atomic E-state index is -0.0933. The van der Waals surface area contributed by atoms with Crippen molar-refractivity contribution in [1.82, 2.24) is 9.80 Å². The van der Waals surface area contributed by atoms with E-state index in [0.717, 1.165) is 5.56 Å². The van der Waals surface area contributed by atoms with Crippen molar-refractivity contribution in [1.29, 1.82) is 0 Å². The average molecular weight is 382 g/mol. The maximum atomic E-state index is 12.7. The monoisotopic (exact) mass is 382 g/mol. The van der Waals surface area contributed by atoms with Gasteiger partial charge in [0.25, 0.3) is 11.8 Å². The fourth-order valence-corrected chi connectivity index (χ4v) is 3.18. The van der Waals surface area contributed by atoms with E-state index >= 15 is 0 Å². The molecule has 1 aliphatic rings. The van der Waals surface area contributed by atoms with Gasteiger partial charge in [-0.25, -0.2) is 0 Å². The molecule has 148 valence electrons. The molecule has 0 unspecified atom stereocenters. The second-order valence-corrected chi connectivity index (χ2v) is 6.91. The molecule has 0 atom stereocenters. The molecule has 0 spiro atoms. The number of benzene rings is 2. The van der Waals surface area contributed by atoms with Crippen LogP contribution in [-0.2, 0) is 4.79 Å². The van der Waals surface area contributed by atoms with Gasteiger partial charge in [-0.1, -0.05) is 18.2 Å². The van der Waals surface area contributed by atoms with Crippen molar-refractivity contribution in [2.24, 2.45) is 0 Å². The number of hydrogen-bond donors (Lipinski definition) is 0. The Morgan fingerprint density at radius 1 is 0.893 bits per heavy atom. The number of nitrogens with zero attached hydrogens (tertiary/aromatic N) is 2. The molecule has 0 radical (unpaired) electrons. The fourth-order valence-electron chi connectivity index (χ4n) is 3.18. The van der Waals surface area contributed by atoms with Gasteiger partial charge in [-0.15, -0.1) is 0 Å². The fraction of sp³-hybridized carbons (Fsp3) is 0.364. The van der Waals surface area contributed by atoms with Crippen LogP contribution in [0.4, 0.5) is 0 Å². The summed E-state index contributed by atoms with van der Waals surface area (Å²) in [6, 6.07) is 13.0. The summed E-state index contributed by atoms with van der Waals surface area (Å²) in [5.41, 5.74) is 2.97. The van der Waals surface area contributed by atoms with Gasteiger partial charge in [-0.05, 0) is 49.2 Å². The number of para-hydroxylation sites is 2. The number of amides is 2. The molecule has 0 aromatic heterocycles. The Kier molecular flexibility index (Phi) is 6.19. The molecule has 0 saturated carbocycles. The molecule has 2 aromatic carbocycles. The first kappa shape index (κ1) is 19.7. The van der Waals surface area contributed by atoms with Crippen molar-refractivity contribution >= 4 is 11.8 Å². The molecule has 28 heavy (non-hydrogen) atoms. The number of rotatable bonds is 5. The smallest absolute Gasteiger partial charge is 0.260 e. The third kappa shape index (κ3) is 4.44. The predicted molar refractivity (Wildman–Crippen MR) is 107 cm³/mol. The first-order chi connectivity index (χ1) is 13.5. The van der Waals surface area contributed by atoms with Gasteiger partial charge in [0.1, 0.15) is 0 Å². The molecule has 1 fully saturated rings. The van der Waals surface area contributed by atoms with Crippen molar-refractivity contribution in [2.75, 3.05) is 39.9 Å². The molecule has 0 bridgehead atoms. The molecule has 1 aliphatic heterocycles. The summed E-state index contributed by atoms with van der Waals surface area (Å²) >= 11 is 0. The lowest BCUT2D eigenvalue weighted by Crippen LogP contribution is -2.51. The lowest BCUT2D eigenvalue weighted by Gasteiger charge is -2.34. The van der Waals surface area contributed by atoms with Crippen LogP contribution in [-0.4, -0.2) is 61.5 Å². The largest absolute Gasteiger partial charge is 0.493 e. The van der Waals surface area contributed by atoms with Crippen molar-refractivity contribution in [3.63, 3.8) is 0 Å². The minimum Gasteiger partial charge on any atom is -0.493 e. The van der Waals surface area contributed by atoms with E-state index in [9.17, 15) is 9.59 Å². The van der Waals surface area contributed by atoms with Crippen LogP contribution >= 0.6 is 0 Å². The van der Waals surface area contributed by atoms with Crippen molar-refractivity contribution in [3.05, 3.63) is 59.2 Å². The highest BCUT2D eigenvalue weighted by atomic mass is 16.5. The first-order valence-electron chi connectivity index (χ1n) is 9.39. The molecule has 2 amide bonds. The lowest BCUT2D eigenvalue weighted by atomic mass is 10.1. The summed E-state index contributed by atoms with van der Waals surface area (Å²) in [5, 5.41) is 0.